The maximum absolute atomic E-state index is 11.7. The molecule has 17 heavy (non-hydrogen) atoms. The minimum absolute atomic E-state index is 0.213. The van der Waals surface area contributed by atoms with E-state index in [1.165, 1.54) is 4.04 Å². The predicted octanol–water partition coefficient (Wildman–Crippen LogP) is 3.20. The van der Waals surface area contributed by atoms with E-state index in [1.54, 1.807) is 0 Å². The molecule has 0 spiro atoms. The number of ether oxygens (including phenoxy) is 1. The van der Waals surface area contributed by atoms with Gasteiger partial charge in [-0.25, -0.2) is 0 Å². The molecule has 5 heteroatoms. The van der Waals surface area contributed by atoms with Crippen molar-refractivity contribution in [3.63, 3.8) is 0 Å². The SMILES string of the molecule is C[Si](C)(C)CCOC(=O)c1cc[c]([Pd][Br])cc1. The Hall–Kier alpha value is 0.0492. The van der Waals surface area contributed by atoms with Crippen LogP contribution in [0.15, 0.2) is 24.3 Å². The average molecular weight is 408 g/mol. The second kappa shape index (κ2) is 6.84. The molecule has 2 nitrogen and oxygen atoms in total. The third-order valence-electron chi connectivity index (χ3n) is 2.21. The third-order valence-corrected chi connectivity index (χ3v) is 6.49. The number of esters is 1. The minimum atomic E-state index is -1.12. The second-order valence-electron chi connectivity index (χ2n) is 4.98. The average Bonchev–Trinajstić information content (AvgIpc) is 2.27. The quantitative estimate of drug-likeness (QED) is 0.553. The van der Waals surface area contributed by atoms with Crippen LogP contribution in [0.4, 0.5) is 0 Å². The number of hydrogen-bond acceptors (Lipinski definition) is 2. The van der Waals surface area contributed by atoms with Gasteiger partial charge in [-0.2, -0.15) is 0 Å². The number of benzene rings is 1. The summed E-state index contributed by atoms with van der Waals surface area (Å²) < 4.78 is 6.47. The third kappa shape index (κ3) is 5.96. The Morgan fingerprint density at radius 1 is 1.29 bits per heavy atom. The zero-order valence-corrected chi connectivity index (χ0v) is 14.4. The Balaban J connectivity index is 2.47. The topological polar surface area (TPSA) is 26.3 Å². The molecule has 0 heterocycles. The van der Waals surface area contributed by atoms with E-state index < -0.39 is 8.07 Å². The normalized spacial score (nSPS) is 11.5. The summed E-state index contributed by atoms with van der Waals surface area (Å²) in [7, 11) is -1.12. The van der Waals surface area contributed by atoms with Crippen LogP contribution < -0.4 is 4.04 Å². The molecule has 0 atom stereocenters. The molecule has 0 unspecified atom stereocenters. The van der Waals surface area contributed by atoms with Crippen molar-refractivity contribution in [2.24, 2.45) is 0 Å². The molecule has 0 saturated carbocycles. The van der Waals surface area contributed by atoms with Crippen LogP contribution in [0.2, 0.25) is 25.7 Å². The first kappa shape index (κ1) is 15.1. The van der Waals surface area contributed by atoms with E-state index in [2.05, 4.69) is 33.1 Å². The number of carbonyl (C=O) groups excluding carboxylic acids is 1. The molecule has 0 saturated heterocycles. The van der Waals surface area contributed by atoms with E-state index in [1.807, 2.05) is 24.3 Å². The number of hydrogen-bond donors (Lipinski definition) is 0. The molecule has 0 aliphatic carbocycles. The van der Waals surface area contributed by atoms with Crippen LogP contribution in [0, 0.1) is 0 Å². The summed E-state index contributed by atoms with van der Waals surface area (Å²) in [6, 6.07) is 8.58. The molecule has 0 radical (unpaired) electrons. The van der Waals surface area contributed by atoms with Crippen molar-refractivity contribution in [1.82, 2.24) is 0 Å². The van der Waals surface area contributed by atoms with Crippen molar-refractivity contribution in [3.05, 3.63) is 29.8 Å². The van der Waals surface area contributed by atoms with Crippen LogP contribution in [0.1, 0.15) is 10.4 Å². The maximum atomic E-state index is 11.7. The summed E-state index contributed by atoms with van der Waals surface area (Å²) in [5.74, 6) is -0.213. The fourth-order valence-electron chi connectivity index (χ4n) is 1.15. The first-order chi connectivity index (χ1) is 7.92. The molecule has 1 aromatic carbocycles. The molecule has 0 aromatic heterocycles. The zero-order valence-electron chi connectivity index (χ0n) is 10.2. The van der Waals surface area contributed by atoms with Gasteiger partial charge in [0, 0.05) is 0 Å². The number of carbonyl (C=O) groups is 1. The van der Waals surface area contributed by atoms with Gasteiger partial charge in [0.25, 0.3) is 0 Å². The van der Waals surface area contributed by atoms with Gasteiger partial charge in [-0.1, -0.05) is 0 Å². The molecular weight excluding hydrogens is 391 g/mol. The summed E-state index contributed by atoms with van der Waals surface area (Å²) in [6.45, 7) is 7.35. The summed E-state index contributed by atoms with van der Waals surface area (Å²) in [6.07, 6.45) is 0. The van der Waals surface area contributed by atoms with Crippen LogP contribution in [-0.4, -0.2) is 20.7 Å². The van der Waals surface area contributed by atoms with E-state index in [0.717, 1.165) is 6.04 Å². The molecule has 0 amide bonds. The molecule has 0 aliphatic rings. The van der Waals surface area contributed by atoms with Gasteiger partial charge in [-0.05, 0) is 0 Å². The molecule has 1 aromatic rings. The summed E-state index contributed by atoms with van der Waals surface area (Å²) in [5.41, 5.74) is 0.638. The van der Waals surface area contributed by atoms with E-state index in [4.69, 9.17) is 4.74 Å². The molecule has 0 bridgehead atoms. The van der Waals surface area contributed by atoms with Gasteiger partial charge in [0.2, 0.25) is 0 Å². The van der Waals surface area contributed by atoms with E-state index in [9.17, 15) is 4.79 Å². The van der Waals surface area contributed by atoms with Crippen LogP contribution in [0.5, 0.6) is 0 Å². The van der Waals surface area contributed by atoms with Crippen LogP contribution in [0.25, 0.3) is 0 Å². The number of halogens is 1. The van der Waals surface area contributed by atoms with Crippen LogP contribution in [0.3, 0.4) is 0 Å². The Bertz CT molecular complexity index is 373. The van der Waals surface area contributed by atoms with Gasteiger partial charge in [-0.3, -0.25) is 0 Å². The second-order valence-corrected chi connectivity index (χ2v) is 13.3. The van der Waals surface area contributed by atoms with Gasteiger partial charge < -0.3 is 0 Å². The van der Waals surface area contributed by atoms with E-state index >= 15 is 0 Å². The van der Waals surface area contributed by atoms with Gasteiger partial charge in [0.1, 0.15) is 0 Å². The van der Waals surface area contributed by atoms with E-state index in [0.29, 0.717) is 28.1 Å². The standard InChI is InChI=1S/C12H17O2Si.BrH.Pd/c1-15(2,3)10-9-14-12(13)11-7-5-4-6-8-11;;/h5-8H,9-10H2,1-3H3;1H;/q;;+1/p-1. The first-order valence-electron chi connectivity index (χ1n) is 5.40. The zero-order chi connectivity index (χ0) is 12.9. The molecule has 0 aliphatic heterocycles. The van der Waals surface area contributed by atoms with E-state index in [-0.39, 0.29) is 5.97 Å². The van der Waals surface area contributed by atoms with Gasteiger partial charge >= 0.3 is 119 Å². The summed E-state index contributed by atoms with van der Waals surface area (Å²) in [5, 5.41) is 0. The summed E-state index contributed by atoms with van der Waals surface area (Å²) >= 11 is 3.82. The molecule has 0 N–H and O–H groups in total. The fourth-order valence-corrected chi connectivity index (χ4v) is 3.31. The van der Waals surface area contributed by atoms with Crippen molar-refractivity contribution in [3.8, 4) is 0 Å². The van der Waals surface area contributed by atoms with Crippen molar-refractivity contribution < 1.29 is 25.5 Å². The molecule has 98 valence electrons. The van der Waals surface area contributed by atoms with Crippen molar-refractivity contribution in [1.29, 1.82) is 0 Å². The Labute approximate surface area is 119 Å². The van der Waals surface area contributed by atoms with Crippen molar-refractivity contribution in [2.75, 3.05) is 6.61 Å². The van der Waals surface area contributed by atoms with Gasteiger partial charge in [0.05, 0.1) is 0 Å². The molecular formula is C12H17BrO2PdSi. The molecule has 1 rings (SSSR count). The summed E-state index contributed by atoms with van der Waals surface area (Å²) in [4.78, 5) is 11.7. The Morgan fingerprint density at radius 2 is 1.88 bits per heavy atom. The first-order valence-corrected chi connectivity index (χ1v) is 13.4. The molecule has 0 fully saturated rings. The van der Waals surface area contributed by atoms with Crippen LogP contribution >= 0.6 is 13.4 Å². The monoisotopic (exact) mass is 406 g/mol. The fraction of sp³-hybridized carbons (Fsp3) is 0.417. The Kier molecular flexibility index (Phi) is 6.08. The predicted molar refractivity (Wildman–Crippen MR) is 73.4 cm³/mol. The number of rotatable bonds is 5. The Morgan fingerprint density at radius 3 is 2.35 bits per heavy atom. The van der Waals surface area contributed by atoms with Gasteiger partial charge in [0.15, 0.2) is 0 Å². The van der Waals surface area contributed by atoms with Crippen molar-refractivity contribution in [2.45, 2.75) is 25.7 Å². The van der Waals surface area contributed by atoms with Crippen molar-refractivity contribution >= 4 is 31.5 Å². The van der Waals surface area contributed by atoms with Gasteiger partial charge in [-0.15, -0.1) is 0 Å². The van der Waals surface area contributed by atoms with Crippen LogP contribution in [-0.2, 0) is 20.7 Å².